The summed E-state index contributed by atoms with van der Waals surface area (Å²) >= 11 is 0. The van der Waals surface area contributed by atoms with Crippen LogP contribution in [0.3, 0.4) is 0 Å². The third-order valence-electron chi connectivity index (χ3n) is 7.47. The highest BCUT2D eigenvalue weighted by Crippen LogP contribution is 2.64. The van der Waals surface area contributed by atoms with E-state index in [0.717, 1.165) is 0 Å². The molecule has 0 bridgehead atoms. The molecule has 7 heteroatoms. The maximum absolute atomic E-state index is 12.7. The van der Waals surface area contributed by atoms with Gasteiger partial charge in [-0.05, 0) is 20.8 Å². The zero-order chi connectivity index (χ0) is 19.2. The molecule has 2 aliphatic heterocycles. The standard InChI is InChI=1S/C18H31N5O2/c1-15(2)16(3,4)18(7,25-17(15,5)6)23-10-21(8)11-12(23)20-14(19)22(9)13(11)24/h10H2,1-9H3,(H2,19,20). The molecular formula is C18H31N5O2. The molecule has 1 saturated heterocycles. The van der Waals surface area contributed by atoms with Gasteiger partial charge in [0.2, 0.25) is 5.95 Å². The van der Waals surface area contributed by atoms with Crippen molar-refractivity contribution in [3.05, 3.63) is 10.4 Å². The average molecular weight is 349 g/mol. The van der Waals surface area contributed by atoms with Crippen molar-refractivity contribution in [3.8, 4) is 0 Å². The summed E-state index contributed by atoms with van der Waals surface area (Å²) in [6.07, 6.45) is 0. The summed E-state index contributed by atoms with van der Waals surface area (Å²) in [4.78, 5) is 21.3. The number of aromatic nitrogens is 2. The Hall–Kier alpha value is -1.76. The first-order valence-electron chi connectivity index (χ1n) is 8.74. The first kappa shape index (κ1) is 18.0. The minimum absolute atomic E-state index is 0.0959. The van der Waals surface area contributed by atoms with Gasteiger partial charge in [0.05, 0.1) is 12.3 Å². The Kier molecular flexibility index (Phi) is 3.39. The summed E-state index contributed by atoms with van der Waals surface area (Å²) in [5, 5.41) is 0. The third-order valence-corrected chi connectivity index (χ3v) is 7.47. The molecule has 0 amide bonds. The Balaban J connectivity index is 2.23. The van der Waals surface area contributed by atoms with Crippen LogP contribution < -0.4 is 21.1 Å². The predicted molar refractivity (Wildman–Crippen MR) is 101 cm³/mol. The monoisotopic (exact) mass is 349 g/mol. The van der Waals surface area contributed by atoms with E-state index in [-0.39, 0.29) is 27.9 Å². The van der Waals surface area contributed by atoms with Crippen LogP contribution in [0.5, 0.6) is 0 Å². The number of nitrogens with zero attached hydrogens (tertiary/aromatic N) is 4. The average Bonchev–Trinajstić information content (AvgIpc) is 2.84. The predicted octanol–water partition coefficient (Wildman–Crippen LogP) is 2.15. The van der Waals surface area contributed by atoms with Gasteiger partial charge in [0.25, 0.3) is 5.56 Å². The molecule has 1 aromatic heterocycles. The molecule has 0 saturated carbocycles. The highest BCUT2D eigenvalue weighted by Gasteiger charge is 2.69. The lowest BCUT2D eigenvalue weighted by molar-refractivity contribution is -0.105. The molecule has 3 heterocycles. The molecule has 1 unspecified atom stereocenters. The van der Waals surface area contributed by atoms with Gasteiger partial charge in [-0.25, -0.2) is 0 Å². The molecule has 2 aliphatic rings. The van der Waals surface area contributed by atoms with Crippen LogP contribution in [0.2, 0.25) is 0 Å². The van der Waals surface area contributed by atoms with Gasteiger partial charge < -0.3 is 20.3 Å². The van der Waals surface area contributed by atoms with Crippen LogP contribution in [0.4, 0.5) is 17.5 Å². The number of nitrogen functional groups attached to an aromatic ring is 1. The molecule has 1 atom stereocenters. The normalized spacial score (nSPS) is 29.2. The summed E-state index contributed by atoms with van der Waals surface area (Å²) in [6, 6.07) is 0. The quantitative estimate of drug-likeness (QED) is 0.837. The summed E-state index contributed by atoms with van der Waals surface area (Å²) < 4.78 is 8.06. The fourth-order valence-electron chi connectivity index (χ4n) is 4.28. The topological polar surface area (TPSA) is 76.6 Å². The number of hydrogen-bond donors (Lipinski definition) is 1. The second-order valence-electron chi connectivity index (χ2n) is 9.12. The van der Waals surface area contributed by atoms with Gasteiger partial charge in [-0.15, -0.1) is 0 Å². The van der Waals surface area contributed by atoms with Gasteiger partial charge in [-0.3, -0.25) is 9.36 Å². The highest BCUT2D eigenvalue weighted by molar-refractivity contribution is 5.73. The zero-order valence-electron chi connectivity index (χ0n) is 16.9. The van der Waals surface area contributed by atoms with Crippen LogP contribution in [0.25, 0.3) is 0 Å². The van der Waals surface area contributed by atoms with E-state index in [2.05, 4.69) is 58.4 Å². The molecule has 7 nitrogen and oxygen atoms in total. The second-order valence-corrected chi connectivity index (χ2v) is 9.12. The van der Waals surface area contributed by atoms with E-state index in [1.54, 1.807) is 7.05 Å². The van der Waals surface area contributed by atoms with Crippen LogP contribution >= 0.6 is 0 Å². The summed E-state index contributed by atoms with van der Waals surface area (Å²) in [5.41, 5.74) is 5.15. The lowest BCUT2D eigenvalue weighted by Crippen LogP contribution is -2.57. The summed E-state index contributed by atoms with van der Waals surface area (Å²) in [6.45, 7) is 15.8. The molecule has 0 radical (unpaired) electrons. The van der Waals surface area contributed by atoms with Crippen molar-refractivity contribution in [1.29, 1.82) is 0 Å². The van der Waals surface area contributed by atoms with Crippen molar-refractivity contribution in [2.24, 2.45) is 17.9 Å². The zero-order valence-corrected chi connectivity index (χ0v) is 16.9. The molecule has 1 fully saturated rings. The van der Waals surface area contributed by atoms with Gasteiger partial charge in [0, 0.05) is 24.9 Å². The lowest BCUT2D eigenvalue weighted by Gasteiger charge is -2.48. The summed E-state index contributed by atoms with van der Waals surface area (Å²) in [5.74, 6) is 0.814. The van der Waals surface area contributed by atoms with Crippen LogP contribution in [0.15, 0.2) is 4.79 Å². The van der Waals surface area contributed by atoms with Crippen molar-refractivity contribution < 1.29 is 4.74 Å². The largest absolute Gasteiger partial charge is 0.369 e. The number of rotatable bonds is 1. The maximum Gasteiger partial charge on any atom is 0.280 e. The molecule has 140 valence electrons. The molecule has 2 N–H and O–H groups in total. The van der Waals surface area contributed by atoms with E-state index in [0.29, 0.717) is 18.2 Å². The van der Waals surface area contributed by atoms with Crippen molar-refractivity contribution in [1.82, 2.24) is 9.55 Å². The van der Waals surface area contributed by atoms with E-state index in [4.69, 9.17) is 10.5 Å². The minimum atomic E-state index is -0.634. The molecule has 0 aliphatic carbocycles. The molecule has 0 aromatic carbocycles. The number of hydrogen-bond acceptors (Lipinski definition) is 6. The van der Waals surface area contributed by atoms with E-state index < -0.39 is 5.72 Å². The van der Waals surface area contributed by atoms with Crippen LogP contribution in [-0.2, 0) is 11.8 Å². The first-order valence-corrected chi connectivity index (χ1v) is 8.74. The van der Waals surface area contributed by atoms with Crippen LogP contribution in [0.1, 0.15) is 48.5 Å². The molecule has 3 rings (SSSR count). The molecule has 0 spiro atoms. The van der Waals surface area contributed by atoms with E-state index in [1.165, 1.54) is 4.57 Å². The van der Waals surface area contributed by atoms with Crippen molar-refractivity contribution in [3.63, 3.8) is 0 Å². The minimum Gasteiger partial charge on any atom is -0.369 e. The van der Waals surface area contributed by atoms with Crippen LogP contribution in [-0.4, -0.2) is 34.6 Å². The second kappa shape index (κ2) is 4.69. The maximum atomic E-state index is 12.7. The smallest absolute Gasteiger partial charge is 0.280 e. The number of anilines is 3. The van der Waals surface area contributed by atoms with Gasteiger partial charge in [-0.2, -0.15) is 4.98 Å². The molecular weight excluding hydrogens is 318 g/mol. The number of ether oxygens (including phenoxy) is 1. The van der Waals surface area contributed by atoms with Crippen LogP contribution in [0, 0.1) is 10.8 Å². The Morgan fingerprint density at radius 2 is 1.60 bits per heavy atom. The Morgan fingerprint density at radius 1 is 1.04 bits per heavy atom. The fourth-order valence-corrected chi connectivity index (χ4v) is 4.28. The number of fused-ring (bicyclic) bond motifs is 1. The summed E-state index contributed by atoms with van der Waals surface area (Å²) in [7, 11) is 3.55. The van der Waals surface area contributed by atoms with E-state index in [9.17, 15) is 4.79 Å². The van der Waals surface area contributed by atoms with Gasteiger partial charge >= 0.3 is 0 Å². The SMILES string of the molecule is CN1CN(C2(C)OC(C)(C)C(C)(C)C2(C)C)c2nc(N)n(C)c(=O)c21. The third kappa shape index (κ3) is 1.90. The fraction of sp³-hybridized carbons (Fsp3) is 0.778. The van der Waals surface area contributed by atoms with Gasteiger partial charge in [0.1, 0.15) is 11.4 Å². The molecule has 1 aromatic rings. The Morgan fingerprint density at radius 3 is 2.08 bits per heavy atom. The Bertz CT molecular complexity index is 795. The van der Waals surface area contributed by atoms with Crippen molar-refractivity contribution in [2.75, 3.05) is 29.2 Å². The highest BCUT2D eigenvalue weighted by atomic mass is 16.6. The van der Waals surface area contributed by atoms with Gasteiger partial charge in [-0.1, -0.05) is 27.7 Å². The van der Waals surface area contributed by atoms with E-state index in [1.807, 2.05) is 11.9 Å². The molecule has 25 heavy (non-hydrogen) atoms. The number of nitrogens with two attached hydrogens (primary N) is 1. The Labute approximate surface area is 149 Å². The lowest BCUT2D eigenvalue weighted by atomic mass is 9.59. The first-order chi connectivity index (χ1) is 11.2. The van der Waals surface area contributed by atoms with Gasteiger partial charge in [0.15, 0.2) is 5.82 Å². The van der Waals surface area contributed by atoms with Crippen molar-refractivity contribution >= 4 is 17.5 Å². The van der Waals surface area contributed by atoms with E-state index >= 15 is 0 Å². The van der Waals surface area contributed by atoms with Crippen molar-refractivity contribution in [2.45, 2.75) is 59.8 Å².